The van der Waals surface area contributed by atoms with E-state index < -0.39 is 11.4 Å². The first-order chi connectivity index (χ1) is 6.11. The molecule has 0 N–H and O–H groups in total. The molecular formula is C7H4BrNO3S. The van der Waals surface area contributed by atoms with Crippen LogP contribution in [0.4, 0.5) is 0 Å². The van der Waals surface area contributed by atoms with Gasteiger partial charge < -0.3 is 4.42 Å². The Morgan fingerprint density at radius 1 is 1.54 bits per heavy atom. The van der Waals surface area contributed by atoms with Crippen molar-refractivity contribution in [2.24, 2.45) is 7.05 Å². The molecule has 0 fully saturated rings. The number of aryl methyl sites for hydroxylation is 1. The molecule has 0 bridgehead atoms. The van der Waals surface area contributed by atoms with E-state index in [0.717, 1.165) is 4.47 Å². The van der Waals surface area contributed by atoms with E-state index in [4.69, 9.17) is 0 Å². The fourth-order valence-corrected chi connectivity index (χ4v) is 2.78. The van der Waals surface area contributed by atoms with Gasteiger partial charge in [0.25, 0.3) is 0 Å². The van der Waals surface area contributed by atoms with Crippen LogP contribution in [0.5, 0.6) is 0 Å². The van der Waals surface area contributed by atoms with Gasteiger partial charge in [0.1, 0.15) is 4.70 Å². The quantitative estimate of drug-likeness (QED) is 0.719. The molecule has 2 rings (SSSR count). The van der Waals surface area contributed by atoms with E-state index in [1.807, 2.05) is 0 Å². The third kappa shape index (κ3) is 1.17. The van der Waals surface area contributed by atoms with Crippen molar-refractivity contribution in [3.63, 3.8) is 0 Å². The van der Waals surface area contributed by atoms with Crippen LogP contribution in [0.3, 0.4) is 0 Å². The Bertz CT molecular complexity index is 579. The lowest BCUT2D eigenvalue weighted by Crippen LogP contribution is -2.21. The van der Waals surface area contributed by atoms with Crippen LogP contribution in [0.1, 0.15) is 0 Å². The van der Waals surface area contributed by atoms with Crippen molar-refractivity contribution in [1.29, 1.82) is 0 Å². The molecule has 2 heterocycles. The third-order valence-corrected chi connectivity index (χ3v) is 3.55. The minimum Gasteiger partial charge on any atom is -0.371 e. The summed E-state index contributed by atoms with van der Waals surface area (Å²) in [4.78, 5) is 22.3. The molecule has 0 unspecified atom stereocenters. The molecule has 0 radical (unpaired) electrons. The Labute approximate surface area is 84.5 Å². The van der Waals surface area contributed by atoms with E-state index in [9.17, 15) is 9.59 Å². The number of aromatic nitrogens is 1. The second-order valence-corrected chi connectivity index (χ2v) is 4.21. The smallest absolute Gasteiger partial charge is 0.371 e. The van der Waals surface area contributed by atoms with Gasteiger partial charge in [0, 0.05) is 12.4 Å². The van der Waals surface area contributed by atoms with Gasteiger partial charge >= 0.3 is 11.4 Å². The lowest BCUT2D eigenvalue weighted by molar-refractivity contribution is 0.434. The molecule has 0 aliphatic rings. The second-order valence-electron chi connectivity index (χ2n) is 2.48. The summed E-state index contributed by atoms with van der Waals surface area (Å²) in [5.41, 5.74) is 0.0139. The van der Waals surface area contributed by atoms with Crippen LogP contribution in [0.2, 0.25) is 0 Å². The Kier molecular flexibility index (Phi) is 1.88. The van der Waals surface area contributed by atoms with E-state index in [-0.39, 0.29) is 0 Å². The summed E-state index contributed by atoms with van der Waals surface area (Å²) >= 11 is 4.51. The number of thiophene rings is 1. The fraction of sp³-hybridized carbons (Fsp3) is 0.143. The topological polar surface area (TPSA) is 52.2 Å². The summed E-state index contributed by atoms with van der Waals surface area (Å²) in [7, 11) is 1.56. The van der Waals surface area contributed by atoms with E-state index in [1.54, 1.807) is 12.4 Å². The largest absolute Gasteiger partial charge is 0.422 e. The van der Waals surface area contributed by atoms with Crippen LogP contribution in [0.15, 0.2) is 23.9 Å². The molecule has 0 aliphatic carbocycles. The molecule has 2 aromatic rings. The van der Waals surface area contributed by atoms with Crippen molar-refractivity contribution < 1.29 is 4.42 Å². The fourth-order valence-electron chi connectivity index (χ4n) is 1.07. The predicted molar refractivity (Wildman–Crippen MR) is 53.3 cm³/mol. The van der Waals surface area contributed by atoms with Gasteiger partial charge in [-0.15, -0.1) is 11.3 Å². The van der Waals surface area contributed by atoms with Crippen molar-refractivity contribution >= 4 is 37.5 Å². The van der Waals surface area contributed by atoms with Crippen LogP contribution in [-0.2, 0) is 7.05 Å². The summed E-state index contributed by atoms with van der Waals surface area (Å²) in [6.45, 7) is 0. The minimum absolute atomic E-state index is 0.453. The highest BCUT2D eigenvalue weighted by atomic mass is 79.9. The van der Waals surface area contributed by atoms with Gasteiger partial charge in [0.15, 0.2) is 0 Å². The minimum atomic E-state index is -0.642. The van der Waals surface area contributed by atoms with Crippen LogP contribution in [0.25, 0.3) is 10.2 Å². The highest BCUT2D eigenvalue weighted by Crippen LogP contribution is 2.25. The number of hydrogen-bond donors (Lipinski definition) is 0. The lowest BCUT2D eigenvalue weighted by Gasteiger charge is -1.96. The maximum atomic E-state index is 11.2. The van der Waals surface area contributed by atoms with Crippen molar-refractivity contribution in [2.45, 2.75) is 0 Å². The molecule has 0 atom stereocenters. The number of halogens is 1. The first-order valence-corrected chi connectivity index (χ1v) is 5.05. The van der Waals surface area contributed by atoms with Crippen molar-refractivity contribution in [2.75, 3.05) is 0 Å². The molecule has 0 saturated heterocycles. The summed E-state index contributed by atoms with van der Waals surface area (Å²) in [5.74, 6) is -0.642. The maximum Gasteiger partial charge on any atom is 0.422 e. The van der Waals surface area contributed by atoms with Gasteiger partial charge in [-0.3, -0.25) is 4.57 Å². The zero-order valence-electron chi connectivity index (χ0n) is 6.54. The standard InChI is InChI=1S/C7H4BrNO3S/c1-9-4-3(8)2-13-5(4)6(10)12-7(9)11/h2H,1H3. The molecule has 13 heavy (non-hydrogen) atoms. The van der Waals surface area contributed by atoms with Crippen molar-refractivity contribution in [3.05, 3.63) is 30.8 Å². The average molecular weight is 262 g/mol. The van der Waals surface area contributed by atoms with Gasteiger partial charge in [-0.05, 0) is 15.9 Å². The van der Waals surface area contributed by atoms with Gasteiger partial charge in [0.2, 0.25) is 0 Å². The van der Waals surface area contributed by atoms with Crippen LogP contribution >= 0.6 is 27.3 Å². The summed E-state index contributed by atoms with van der Waals surface area (Å²) in [6.07, 6.45) is 0. The molecule has 2 aromatic heterocycles. The molecule has 0 amide bonds. The molecule has 0 aliphatic heterocycles. The monoisotopic (exact) mass is 261 g/mol. The highest BCUT2D eigenvalue weighted by molar-refractivity contribution is 9.10. The van der Waals surface area contributed by atoms with Crippen molar-refractivity contribution in [3.8, 4) is 0 Å². The van der Waals surface area contributed by atoms with E-state index in [0.29, 0.717) is 10.2 Å². The number of nitrogens with zero attached hydrogens (tertiary/aromatic N) is 1. The van der Waals surface area contributed by atoms with Gasteiger partial charge in [-0.1, -0.05) is 0 Å². The van der Waals surface area contributed by atoms with Crippen LogP contribution in [-0.4, -0.2) is 4.57 Å². The normalized spacial score (nSPS) is 10.9. The molecule has 68 valence electrons. The molecule has 6 heteroatoms. The first-order valence-electron chi connectivity index (χ1n) is 3.38. The molecule has 4 nitrogen and oxygen atoms in total. The second kappa shape index (κ2) is 2.81. The summed E-state index contributed by atoms with van der Waals surface area (Å²) < 4.78 is 6.97. The lowest BCUT2D eigenvalue weighted by atomic mass is 10.5. The zero-order valence-corrected chi connectivity index (χ0v) is 8.94. The van der Waals surface area contributed by atoms with E-state index in [2.05, 4.69) is 20.3 Å². The van der Waals surface area contributed by atoms with Crippen LogP contribution in [0, 0.1) is 0 Å². The Morgan fingerprint density at radius 3 is 2.92 bits per heavy atom. The van der Waals surface area contributed by atoms with E-state index >= 15 is 0 Å². The number of rotatable bonds is 0. The van der Waals surface area contributed by atoms with E-state index in [1.165, 1.54) is 15.9 Å². The maximum absolute atomic E-state index is 11.2. The Balaban J connectivity index is 3.19. The zero-order chi connectivity index (χ0) is 9.59. The first kappa shape index (κ1) is 8.71. The van der Waals surface area contributed by atoms with Gasteiger partial charge in [-0.25, -0.2) is 9.59 Å². The van der Waals surface area contributed by atoms with Crippen LogP contribution < -0.4 is 11.4 Å². The summed E-state index contributed by atoms with van der Waals surface area (Å²) in [6, 6.07) is 0. The molecule has 0 spiro atoms. The summed E-state index contributed by atoms with van der Waals surface area (Å²) in [5, 5.41) is 1.75. The van der Waals surface area contributed by atoms with Gasteiger partial charge in [0.05, 0.1) is 9.99 Å². The average Bonchev–Trinajstić information content (AvgIpc) is 2.44. The number of hydrogen-bond acceptors (Lipinski definition) is 4. The Hall–Kier alpha value is -0.880. The van der Waals surface area contributed by atoms with Gasteiger partial charge in [-0.2, -0.15) is 0 Å². The predicted octanol–water partition coefficient (Wildman–Crippen LogP) is 1.32. The van der Waals surface area contributed by atoms with Crippen molar-refractivity contribution in [1.82, 2.24) is 4.57 Å². The third-order valence-electron chi connectivity index (χ3n) is 1.70. The molecular weight excluding hydrogens is 258 g/mol. The number of fused-ring (bicyclic) bond motifs is 1. The highest BCUT2D eigenvalue weighted by Gasteiger charge is 2.11. The molecule has 0 saturated carbocycles. The Morgan fingerprint density at radius 2 is 2.23 bits per heavy atom. The SMILES string of the molecule is Cn1c(=O)oc(=O)c2scc(Br)c21. The molecule has 0 aromatic carbocycles.